The van der Waals surface area contributed by atoms with Gasteiger partial charge in [-0.1, -0.05) is 6.92 Å². The Balaban J connectivity index is 0.000000383. The summed E-state index contributed by atoms with van der Waals surface area (Å²) in [5, 5.41) is 14.2. The van der Waals surface area contributed by atoms with Crippen molar-refractivity contribution in [3.05, 3.63) is 30.1 Å². The maximum absolute atomic E-state index is 12.6. The third kappa shape index (κ3) is 10.4. The zero-order chi connectivity index (χ0) is 27.6. The molecule has 3 heterocycles. The fourth-order valence-corrected chi connectivity index (χ4v) is 3.49. The number of alkyl halides is 6. The zero-order valence-corrected chi connectivity index (χ0v) is 19.3. The number of aliphatic carboxylic acids is 2. The Labute approximate surface area is 202 Å². The summed E-state index contributed by atoms with van der Waals surface area (Å²) < 4.78 is 69.6. The summed E-state index contributed by atoms with van der Waals surface area (Å²) in [5.74, 6) is -5.44. The lowest BCUT2D eigenvalue weighted by Gasteiger charge is -2.47. The molecule has 36 heavy (non-hydrogen) atoms. The highest BCUT2D eigenvalue weighted by molar-refractivity contribution is 5.94. The normalized spacial score (nSPS) is 17.8. The number of carbonyl (C=O) groups excluding carboxylic acids is 1. The quantitative estimate of drug-likeness (QED) is 0.572. The number of ether oxygens (including phenoxy) is 1. The predicted octanol–water partition coefficient (Wildman–Crippen LogP) is 3.07. The zero-order valence-electron chi connectivity index (χ0n) is 19.3. The molecule has 0 saturated carbocycles. The van der Waals surface area contributed by atoms with E-state index in [1.807, 2.05) is 17.0 Å². The van der Waals surface area contributed by atoms with Crippen molar-refractivity contribution in [1.29, 1.82) is 0 Å². The molecule has 2 N–H and O–H groups in total. The molecule has 2 aliphatic rings. The number of amides is 1. The number of piperidine rings is 1. The van der Waals surface area contributed by atoms with Crippen LogP contribution in [0, 0.1) is 0 Å². The van der Waals surface area contributed by atoms with E-state index in [1.165, 1.54) is 6.42 Å². The van der Waals surface area contributed by atoms with Crippen molar-refractivity contribution in [2.45, 2.75) is 44.1 Å². The molecule has 15 heteroatoms. The summed E-state index contributed by atoms with van der Waals surface area (Å²) in [6.07, 6.45) is -3.59. The number of halogens is 6. The monoisotopic (exact) mass is 531 g/mol. The predicted molar refractivity (Wildman–Crippen MR) is 112 cm³/mol. The first-order valence-corrected chi connectivity index (χ1v) is 10.8. The maximum atomic E-state index is 12.6. The summed E-state index contributed by atoms with van der Waals surface area (Å²) >= 11 is 0. The number of rotatable bonds is 3. The Hall–Kier alpha value is -2.94. The number of pyridine rings is 1. The van der Waals surface area contributed by atoms with E-state index >= 15 is 0 Å². The van der Waals surface area contributed by atoms with Crippen LogP contribution in [0.3, 0.4) is 0 Å². The second kappa shape index (κ2) is 13.4. The summed E-state index contributed by atoms with van der Waals surface area (Å²) in [6, 6.07) is 3.65. The number of carbonyl (C=O) groups is 3. The molecule has 0 bridgehead atoms. The Morgan fingerprint density at radius 1 is 1.03 bits per heavy atom. The number of carboxylic acid groups (broad SMARTS) is 2. The lowest BCUT2D eigenvalue weighted by atomic mass is 9.89. The van der Waals surface area contributed by atoms with Gasteiger partial charge >= 0.3 is 24.3 Å². The highest BCUT2D eigenvalue weighted by Crippen LogP contribution is 2.30. The first-order valence-electron chi connectivity index (χ1n) is 10.8. The van der Waals surface area contributed by atoms with Gasteiger partial charge in [0.2, 0.25) is 0 Å². The van der Waals surface area contributed by atoms with Crippen LogP contribution in [-0.4, -0.2) is 100 Å². The number of likely N-dealkylation sites (tertiary alicyclic amines) is 1. The molecule has 3 rings (SSSR count). The Morgan fingerprint density at radius 3 is 1.97 bits per heavy atom. The van der Waals surface area contributed by atoms with Gasteiger partial charge in [-0.05, 0) is 37.9 Å². The Kier molecular flexibility index (Phi) is 11.6. The Morgan fingerprint density at radius 2 is 1.56 bits per heavy atom. The number of nitrogens with zero attached hydrogens (tertiary/aromatic N) is 3. The van der Waals surface area contributed by atoms with Gasteiger partial charge in [-0.2, -0.15) is 26.3 Å². The van der Waals surface area contributed by atoms with Crippen molar-refractivity contribution in [3.63, 3.8) is 0 Å². The van der Waals surface area contributed by atoms with Crippen LogP contribution in [0.15, 0.2) is 24.5 Å². The van der Waals surface area contributed by atoms with E-state index in [9.17, 15) is 31.1 Å². The molecule has 1 spiro atoms. The van der Waals surface area contributed by atoms with Crippen molar-refractivity contribution >= 4 is 17.8 Å². The van der Waals surface area contributed by atoms with E-state index in [0.29, 0.717) is 25.3 Å². The van der Waals surface area contributed by atoms with Crippen LogP contribution in [0.5, 0.6) is 0 Å². The maximum Gasteiger partial charge on any atom is 0.490 e. The van der Waals surface area contributed by atoms with E-state index in [4.69, 9.17) is 24.5 Å². The number of hydrogen-bond donors (Lipinski definition) is 2. The molecule has 1 aromatic rings. The molecule has 0 radical (unpaired) electrons. The summed E-state index contributed by atoms with van der Waals surface area (Å²) in [6.45, 7) is 7.55. The molecule has 2 aliphatic heterocycles. The van der Waals surface area contributed by atoms with E-state index in [-0.39, 0.29) is 11.5 Å². The van der Waals surface area contributed by atoms with Gasteiger partial charge in [-0.25, -0.2) is 9.59 Å². The highest BCUT2D eigenvalue weighted by Gasteiger charge is 2.41. The van der Waals surface area contributed by atoms with Gasteiger partial charge in [0.25, 0.3) is 5.91 Å². The van der Waals surface area contributed by atoms with Crippen LogP contribution in [0.4, 0.5) is 26.3 Å². The molecule has 0 unspecified atom stereocenters. The molecule has 204 valence electrons. The van der Waals surface area contributed by atoms with E-state index in [2.05, 4.69) is 16.8 Å². The highest BCUT2D eigenvalue weighted by atomic mass is 19.4. The molecular formula is C21H27F6N3O6. The molecule has 2 fully saturated rings. The van der Waals surface area contributed by atoms with Gasteiger partial charge in [0.05, 0.1) is 24.3 Å². The van der Waals surface area contributed by atoms with Crippen LogP contribution in [-0.2, 0) is 14.3 Å². The molecule has 9 nitrogen and oxygen atoms in total. The van der Waals surface area contributed by atoms with Gasteiger partial charge in [-0.3, -0.25) is 9.78 Å². The first kappa shape index (κ1) is 31.1. The number of hydrogen-bond acceptors (Lipinski definition) is 6. The second-order valence-corrected chi connectivity index (χ2v) is 7.95. The van der Waals surface area contributed by atoms with Crippen molar-refractivity contribution in [3.8, 4) is 0 Å². The SMILES string of the molecule is CCCN1CCC2(CC1)CN(C(=O)c1cccnc1)CCO2.O=C(O)C(F)(F)F.O=C(O)C(F)(F)F. The lowest BCUT2D eigenvalue weighted by molar-refractivity contribution is -0.193. The van der Waals surface area contributed by atoms with Crippen molar-refractivity contribution in [2.75, 3.05) is 39.3 Å². The molecule has 1 amide bonds. The fraction of sp³-hybridized carbons (Fsp3) is 0.619. The van der Waals surface area contributed by atoms with Crippen LogP contribution in [0.1, 0.15) is 36.5 Å². The smallest absolute Gasteiger partial charge is 0.475 e. The van der Waals surface area contributed by atoms with E-state index in [1.54, 1.807) is 12.4 Å². The van der Waals surface area contributed by atoms with Crippen LogP contribution in [0.2, 0.25) is 0 Å². The fourth-order valence-electron chi connectivity index (χ4n) is 3.49. The topological polar surface area (TPSA) is 120 Å². The van der Waals surface area contributed by atoms with E-state index in [0.717, 1.165) is 32.5 Å². The summed E-state index contributed by atoms with van der Waals surface area (Å²) in [4.78, 5) is 38.9. The van der Waals surface area contributed by atoms with Crippen molar-refractivity contribution in [2.24, 2.45) is 0 Å². The molecular weight excluding hydrogens is 504 g/mol. The largest absolute Gasteiger partial charge is 0.490 e. The van der Waals surface area contributed by atoms with Crippen LogP contribution in [0.25, 0.3) is 0 Å². The van der Waals surface area contributed by atoms with Gasteiger partial charge in [0.1, 0.15) is 0 Å². The molecule has 1 aromatic heterocycles. The van der Waals surface area contributed by atoms with E-state index < -0.39 is 24.3 Å². The van der Waals surface area contributed by atoms with Crippen molar-refractivity contribution < 1.29 is 55.7 Å². The lowest BCUT2D eigenvalue weighted by Crippen LogP contribution is -2.58. The number of carboxylic acids is 2. The number of aromatic nitrogens is 1. The minimum atomic E-state index is -5.08. The van der Waals surface area contributed by atoms with Crippen LogP contribution < -0.4 is 0 Å². The number of morpholine rings is 1. The minimum Gasteiger partial charge on any atom is -0.475 e. The molecule has 0 aliphatic carbocycles. The summed E-state index contributed by atoms with van der Waals surface area (Å²) in [7, 11) is 0. The third-order valence-electron chi connectivity index (χ3n) is 5.24. The molecule has 0 aromatic carbocycles. The Bertz CT molecular complexity index is 834. The standard InChI is InChI=1S/C17H25N3O2.2C2HF3O2/c1-2-8-19-9-5-17(6-10-19)14-20(11-12-22-17)16(21)15-4-3-7-18-13-15;2*3-2(4,5)1(6)7/h3-4,7,13H,2,5-6,8-12,14H2,1H3;2*(H,6,7). The van der Waals surface area contributed by atoms with Gasteiger partial charge in [0, 0.05) is 32.0 Å². The van der Waals surface area contributed by atoms with Gasteiger partial charge < -0.3 is 24.7 Å². The minimum absolute atomic E-state index is 0.0757. The van der Waals surface area contributed by atoms with Crippen molar-refractivity contribution in [1.82, 2.24) is 14.8 Å². The average molecular weight is 531 g/mol. The average Bonchev–Trinajstić information content (AvgIpc) is 2.81. The summed E-state index contributed by atoms with van der Waals surface area (Å²) in [5.41, 5.74) is 0.531. The molecule has 0 atom stereocenters. The van der Waals surface area contributed by atoms with Crippen LogP contribution >= 0.6 is 0 Å². The first-order chi connectivity index (χ1) is 16.6. The second-order valence-electron chi connectivity index (χ2n) is 7.95. The third-order valence-corrected chi connectivity index (χ3v) is 5.24. The van der Waals surface area contributed by atoms with Gasteiger partial charge in [-0.15, -0.1) is 0 Å². The van der Waals surface area contributed by atoms with Gasteiger partial charge in [0.15, 0.2) is 0 Å². The molecule has 2 saturated heterocycles.